The number of carboxylic acid groups (broad SMARTS) is 1. The summed E-state index contributed by atoms with van der Waals surface area (Å²) in [5.41, 5.74) is 6.53. The number of nitrogens with zero attached hydrogens (tertiary/aromatic N) is 2. The monoisotopic (exact) mass is 500 g/mol. The van der Waals surface area contributed by atoms with Crippen molar-refractivity contribution in [3.8, 4) is 0 Å². The topological polar surface area (TPSA) is 128 Å². The normalized spacial score (nSPS) is 36.6. The first-order valence-corrected chi connectivity index (χ1v) is 13.1. The maximum Gasteiger partial charge on any atom is 1.00 e. The number of anilines is 1. The zero-order valence-corrected chi connectivity index (χ0v) is 23.1. The minimum absolute atomic E-state index is 0. The number of nitrogens with one attached hydrogen (secondary N) is 1. The van der Waals surface area contributed by atoms with Crippen LogP contribution in [0.1, 0.15) is 58.1 Å². The number of aliphatic carboxylic acids is 1. The van der Waals surface area contributed by atoms with Crippen LogP contribution in [0.4, 0.5) is 5.13 Å². The number of thiazole rings is 1. The second-order valence-electron chi connectivity index (χ2n) is 10.3. The second kappa shape index (κ2) is 9.00. The number of aromatic nitrogens is 1. The summed E-state index contributed by atoms with van der Waals surface area (Å²) >= 11 is 2.72. The Hall–Kier alpha value is -0.810. The molecule has 2 aliphatic carbocycles. The van der Waals surface area contributed by atoms with E-state index in [1.165, 1.54) is 47.3 Å². The van der Waals surface area contributed by atoms with Crippen molar-refractivity contribution in [2.45, 2.75) is 74.6 Å². The first-order chi connectivity index (χ1) is 15.1. The van der Waals surface area contributed by atoms with Crippen molar-refractivity contribution in [2.75, 3.05) is 5.73 Å². The number of amides is 2. The van der Waals surface area contributed by atoms with Gasteiger partial charge in [-0.25, -0.2) is 4.98 Å². The molecule has 0 spiro atoms. The molecule has 0 aromatic carbocycles. The first kappa shape index (κ1) is 25.3. The van der Waals surface area contributed by atoms with Crippen molar-refractivity contribution < 1.29 is 49.0 Å². The van der Waals surface area contributed by atoms with E-state index in [0.29, 0.717) is 35.0 Å². The summed E-state index contributed by atoms with van der Waals surface area (Å²) in [7, 11) is 0. The van der Waals surface area contributed by atoms with Crippen LogP contribution in [0.3, 0.4) is 0 Å². The van der Waals surface area contributed by atoms with Gasteiger partial charge in [0.25, 0.3) is 0 Å². The summed E-state index contributed by atoms with van der Waals surface area (Å²) in [6.45, 7) is 5.88. The van der Waals surface area contributed by atoms with E-state index in [0.717, 1.165) is 5.92 Å². The number of hydrogen-bond acceptors (Lipinski definition) is 8. The van der Waals surface area contributed by atoms with Crippen molar-refractivity contribution in [1.29, 1.82) is 0 Å². The molecule has 4 aliphatic rings. The summed E-state index contributed by atoms with van der Waals surface area (Å²) in [5, 5.41) is 16.4. The Morgan fingerprint density at radius 1 is 1.36 bits per heavy atom. The van der Waals surface area contributed by atoms with Crippen LogP contribution in [-0.2, 0) is 14.4 Å². The van der Waals surface area contributed by atoms with Gasteiger partial charge in [-0.15, -0.1) is 23.1 Å². The zero-order chi connectivity index (χ0) is 22.9. The molecule has 11 heteroatoms. The fourth-order valence-electron chi connectivity index (χ4n) is 6.58. The van der Waals surface area contributed by atoms with Gasteiger partial charge in [-0.1, -0.05) is 6.92 Å². The number of fused-ring (bicyclic) bond motifs is 3. The number of nitrogen functional groups attached to an aromatic ring is 1. The molecule has 5 unspecified atom stereocenters. The molecule has 5 rings (SSSR count). The Labute approximate surface area is 224 Å². The van der Waals surface area contributed by atoms with Crippen molar-refractivity contribution in [3.63, 3.8) is 0 Å². The van der Waals surface area contributed by atoms with Gasteiger partial charge in [0.05, 0.1) is 23.6 Å². The van der Waals surface area contributed by atoms with Crippen LogP contribution < -0.4 is 45.7 Å². The summed E-state index contributed by atoms with van der Waals surface area (Å²) < 4.78 is -0.681. The van der Waals surface area contributed by atoms with E-state index in [1.807, 2.05) is 5.38 Å². The molecule has 2 saturated heterocycles. The van der Waals surface area contributed by atoms with Gasteiger partial charge in [0.1, 0.15) is 11.4 Å². The van der Waals surface area contributed by atoms with Gasteiger partial charge in [0, 0.05) is 10.1 Å². The predicted molar refractivity (Wildman–Crippen MR) is 120 cm³/mol. The largest absolute Gasteiger partial charge is 1.00 e. The van der Waals surface area contributed by atoms with Crippen LogP contribution in [0.15, 0.2) is 5.38 Å². The molecule has 2 amide bonds. The van der Waals surface area contributed by atoms with Gasteiger partial charge < -0.3 is 25.9 Å². The summed E-state index contributed by atoms with van der Waals surface area (Å²) in [6.07, 6.45) is 4.45. The van der Waals surface area contributed by atoms with E-state index in [1.54, 1.807) is 13.8 Å². The van der Waals surface area contributed by atoms with Crippen molar-refractivity contribution in [1.82, 2.24) is 15.2 Å². The molecule has 3 N–H and O–H groups in total. The molecule has 0 radical (unpaired) electrons. The molecule has 1 aromatic rings. The number of rotatable bonds is 6. The Morgan fingerprint density at radius 2 is 2.06 bits per heavy atom. The number of β-lactam (4-membered cyclic amide) rings is 1. The molecule has 2 saturated carbocycles. The summed E-state index contributed by atoms with van der Waals surface area (Å²) in [5.74, 6) is 0.128. The van der Waals surface area contributed by atoms with Gasteiger partial charge >= 0.3 is 29.6 Å². The number of carboxylic acids is 1. The molecule has 33 heavy (non-hydrogen) atoms. The van der Waals surface area contributed by atoms with Crippen LogP contribution in [0, 0.1) is 23.7 Å². The third kappa shape index (κ3) is 4.13. The summed E-state index contributed by atoms with van der Waals surface area (Å²) in [4.78, 5) is 43.7. The SMILES string of the molecule is CC1C2CCC(C2)C1CC(C(=O)N[C@@H]1C(=O)N2[C@@H]1SC(C)(C)[C@@H]2C(=O)[O-])c1csc(N)n1.[Na+]. The van der Waals surface area contributed by atoms with E-state index in [9.17, 15) is 19.5 Å². The molecule has 2 aliphatic heterocycles. The minimum atomic E-state index is -1.26. The van der Waals surface area contributed by atoms with Crippen LogP contribution >= 0.6 is 23.1 Å². The quantitative estimate of drug-likeness (QED) is 0.348. The Morgan fingerprint density at radius 3 is 2.64 bits per heavy atom. The molecule has 2 bridgehead atoms. The zero-order valence-electron chi connectivity index (χ0n) is 19.4. The third-order valence-electron chi connectivity index (χ3n) is 8.22. The van der Waals surface area contributed by atoms with Crippen molar-refractivity contribution in [3.05, 3.63) is 11.1 Å². The van der Waals surface area contributed by atoms with Crippen molar-refractivity contribution >= 4 is 46.0 Å². The minimum Gasteiger partial charge on any atom is -0.548 e. The molecular weight excluding hydrogens is 471 g/mol. The van der Waals surface area contributed by atoms with Gasteiger partial charge in [-0.05, 0) is 63.2 Å². The van der Waals surface area contributed by atoms with E-state index in [-0.39, 0.29) is 41.4 Å². The Balaban J connectivity index is 0.00000259. The summed E-state index contributed by atoms with van der Waals surface area (Å²) in [6, 6.07) is -1.73. The van der Waals surface area contributed by atoms with E-state index < -0.39 is 34.1 Å². The fraction of sp³-hybridized carbons (Fsp3) is 0.727. The van der Waals surface area contributed by atoms with E-state index in [4.69, 9.17) is 5.73 Å². The van der Waals surface area contributed by atoms with Crippen LogP contribution in [0.2, 0.25) is 0 Å². The molecule has 8 atom stereocenters. The van der Waals surface area contributed by atoms with Crippen LogP contribution in [0.25, 0.3) is 0 Å². The van der Waals surface area contributed by atoms with Crippen molar-refractivity contribution in [2.24, 2.45) is 23.7 Å². The average molecular weight is 501 g/mol. The van der Waals surface area contributed by atoms with E-state index in [2.05, 4.69) is 17.2 Å². The van der Waals surface area contributed by atoms with Crippen LogP contribution in [-0.4, -0.2) is 49.9 Å². The smallest absolute Gasteiger partial charge is 0.548 e. The molecule has 174 valence electrons. The number of carbonyl (C=O) groups excluding carboxylic acids is 3. The van der Waals surface area contributed by atoms with Gasteiger partial charge in [0.2, 0.25) is 11.8 Å². The van der Waals surface area contributed by atoms with Crippen LogP contribution in [0.5, 0.6) is 0 Å². The molecule has 3 heterocycles. The number of carbonyl (C=O) groups is 3. The number of hydrogen-bond donors (Lipinski definition) is 2. The van der Waals surface area contributed by atoms with Gasteiger partial charge in [0.15, 0.2) is 5.13 Å². The Bertz CT molecular complexity index is 970. The standard InChI is InChI=1S/C22H30N4O4S2.Na/c1-9-10-4-5-11(6-10)12(9)7-13(14-8-31-21(23)24-14)17(27)25-15-18(28)26-16(20(29)30)22(2,3)32-19(15)26;/h8-13,15-16,19H,4-7H2,1-3H3,(H2,23,24)(H,25,27)(H,29,30);/q;+1/p-1/t9?,10?,11?,12?,13?,15-,16+,19-;/m1./s1. The number of nitrogens with two attached hydrogens (primary N) is 1. The Kier molecular flexibility index (Phi) is 6.90. The molecular formula is C22H29N4NaO4S2. The predicted octanol–water partition coefficient (Wildman–Crippen LogP) is -1.82. The van der Waals surface area contributed by atoms with E-state index >= 15 is 0 Å². The first-order valence-electron chi connectivity index (χ1n) is 11.3. The van der Waals surface area contributed by atoms with Gasteiger partial charge in [-0.2, -0.15) is 0 Å². The fourth-order valence-corrected chi connectivity index (χ4v) is 8.82. The molecule has 8 nitrogen and oxygen atoms in total. The number of thioether (sulfide) groups is 1. The average Bonchev–Trinajstić information content (AvgIpc) is 3.47. The maximum atomic E-state index is 13.5. The maximum absolute atomic E-state index is 13.5. The van der Waals surface area contributed by atoms with Gasteiger partial charge in [-0.3, -0.25) is 9.59 Å². The third-order valence-corrected chi connectivity index (χ3v) is 10.5. The second-order valence-corrected chi connectivity index (χ2v) is 13.0. The molecule has 4 fully saturated rings. The molecule has 1 aromatic heterocycles.